The monoisotopic (exact) mass is 266 g/mol. The van der Waals surface area contributed by atoms with E-state index >= 15 is 0 Å². The Morgan fingerprint density at radius 3 is 2.79 bits per heavy atom. The van der Waals surface area contributed by atoms with Crippen LogP contribution >= 0.6 is 0 Å². The highest BCUT2D eigenvalue weighted by Crippen LogP contribution is 2.26. The maximum absolute atomic E-state index is 13.7. The molecule has 1 saturated carbocycles. The van der Waals surface area contributed by atoms with Gasteiger partial charge in [-0.2, -0.15) is 0 Å². The van der Waals surface area contributed by atoms with Crippen LogP contribution in [0.3, 0.4) is 0 Å². The summed E-state index contributed by atoms with van der Waals surface area (Å²) in [6.45, 7) is 7.07. The van der Waals surface area contributed by atoms with Gasteiger partial charge in [-0.15, -0.1) is 0 Å². The number of halogens is 1. The SMILES string of the molecule is CCN(CCNC(C)c1ccc(O)cc1F)C1CC1. The van der Waals surface area contributed by atoms with Crippen LogP contribution in [-0.4, -0.2) is 35.7 Å². The maximum Gasteiger partial charge on any atom is 0.131 e. The minimum absolute atomic E-state index is 0.0284. The molecule has 1 atom stereocenters. The fourth-order valence-corrected chi connectivity index (χ4v) is 2.44. The third-order valence-electron chi connectivity index (χ3n) is 3.77. The number of hydrogen-bond acceptors (Lipinski definition) is 3. The van der Waals surface area contributed by atoms with Gasteiger partial charge in [-0.3, -0.25) is 4.90 Å². The first kappa shape index (κ1) is 14.3. The maximum atomic E-state index is 13.7. The highest BCUT2D eigenvalue weighted by atomic mass is 19.1. The van der Waals surface area contributed by atoms with Gasteiger partial charge in [0.15, 0.2) is 0 Å². The molecule has 1 unspecified atom stereocenters. The van der Waals surface area contributed by atoms with Crippen molar-refractivity contribution < 1.29 is 9.50 Å². The van der Waals surface area contributed by atoms with Crippen molar-refractivity contribution in [1.82, 2.24) is 10.2 Å². The van der Waals surface area contributed by atoms with E-state index < -0.39 is 0 Å². The van der Waals surface area contributed by atoms with Gasteiger partial charge in [0.1, 0.15) is 11.6 Å². The molecule has 2 rings (SSSR count). The molecule has 2 N–H and O–H groups in total. The third-order valence-corrected chi connectivity index (χ3v) is 3.77. The van der Waals surface area contributed by atoms with Gasteiger partial charge in [0.05, 0.1) is 0 Å². The standard InChI is InChI=1S/C15H23FN2O/c1-3-18(12-4-5-12)9-8-17-11(2)14-7-6-13(19)10-15(14)16/h6-7,10-12,17,19H,3-5,8-9H2,1-2H3. The summed E-state index contributed by atoms with van der Waals surface area (Å²) in [7, 11) is 0. The van der Waals surface area contributed by atoms with Crippen LogP contribution in [0.5, 0.6) is 5.75 Å². The number of nitrogens with one attached hydrogen (secondary N) is 1. The van der Waals surface area contributed by atoms with E-state index in [0.717, 1.165) is 31.7 Å². The number of nitrogens with zero attached hydrogens (tertiary/aromatic N) is 1. The van der Waals surface area contributed by atoms with E-state index in [-0.39, 0.29) is 17.6 Å². The van der Waals surface area contributed by atoms with Crippen LogP contribution < -0.4 is 5.32 Å². The van der Waals surface area contributed by atoms with Crippen molar-refractivity contribution in [3.05, 3.63) is 29.6 Å². The van der Waals surface area contributed by atoms with E-state index in [1.165, 1.54) is 18.9 Å². The quantitative estimate of drug-likeness (QED) is 0.796. The highest BCUT2D eigenvalue weighted by molar-refractivity contribution is 5.29. The number of likely N-dealkylation sites (N-methyl/N-ethyl adjacent to an activating group) is 1. The van der Waals surface area contributed by atoms with E-state index in [9.17, 15) is 9.50 Å². The molecule has 0 spiro atoms. The molecule has 1 aliphatic carbocycles. The van der Waals surface area contributed by atoms with Crippen molar-refractivity contribution in [3.8, 4) is 5.75 Å². The normalized spacial score (nSPS) is 16.8. The van der Waals surface area contributed by atoms with Gasteiger partial charge in [-0.05, 0) is 32.4 Å². The lowest BCUT2D eigenvalue weighted by atomic mass is 10.1. The van der Waals surface area contributed by atoms with Crippen molar-refractivity contribution in [2.75, 3.05) is 19.6 Å². The number of hydrogen-bond donors (Lipinski definition) is 2. The van der Waals surface area contributed by atoms with Gasteiger partial charge >= 0.3 is 0 Å². The van der Waals surface area contributed by atoms with Gasteiger partial charge in [0.2, 0.25) is 0 Å². The summed E-state index contributed by atoms with van der Waals surface area (Å²) in [6, 6.07) is 5.06. The minimum atomic E-state index is -0.352. The molecule has 1 aromatic carbocycles. The average Bonchev–Trinajstić information content (AvgIpc) is 3.18. The molecule has 0 saturated heterocycles. The first-order valence-corrected chi connectivity index (χ1v) is 7.07. The molecule has 0 heterocycles. The van der Waals surface area contributed by atoms with Crippen molar-refractivity contribution in [2.45, 2.75) is 38.8 Å². The Kier molecular flexibility index (Phi) is 4.77. The van der Waals surface area contributed by atoms with Gasteiger partial charge < -0.3 is 10.4 Å². The molecule has 0 radical (unpaired) electrons. The second kappa shape index (κ2) is 6.35. The molecule has 0 bridgehead atoms. The molecular formula is C15H23FN2O. The largest absolute Gasteiger partial charge is 0.508 e. The molecule has 19 heavy (non-hydrogen) atoms. The van der Waals surface area contributed by atoms with Gasteiger partial charge in [-0.25, -0.2) is 4.39 Å². The fraction of sp³-hybridized carbons (Fsp3) is 0.600. The zero-order chi connectivity index (χ0) is 13.8. The average molecular weight is 266 g/mol. The predicted octanol–water partition coefficient (Wildman–Crippen LogP) is 2.67. The van der Waals surface area contributed by atoms with Crippen molar-refractivity contribution >= 4 is 0 Å². The molecule has 106 valence electrons. The first-order valence-electron chi connectivity index (χ1n) is 7.07. The van der Waals surface area contributed by atoms with Crippen molar-refractivity contribution in [3.63, 3.8) is 0 Å². The van der Waals surface area contributed by atoms with Crippen LogP contribution in [0.2, 0.25) is 0 Å². The summed E-state index contributed by atoms with van der Waals surface area (Å²) in [5.41, 5.74) is 0.604. The zero-order valence-corrected chi connectivity index (χ0v) is 11.7. The predicted molar refractivity (Wildman–Crippen MR) is 74.8 cm³/mol. The number of aromatic hydroxyl groups is 1. The van der Waals surface area contributed by atoms with Crippen molar-refractivity contribution in [2.24, 2.45) is 0 Å². The second-order valence-corrected chi connectivity index (χ2v) is 5.24. The van der Waals surface area contributed by atoms with Gasteiger partial charge in [-0.1, -0.05) is 13.0 Å². The number of rotatable bonds is 7. The Morgan fingerprint density at radius 1 is 1.47 bits per heavy atom. The first-order chi connectivity index (χ1) is 9.11. The van der Waals surface area contributed by atoms with Crippen LogP contribution in [0.4, 0.5) is 4.39 Å². The summed E-state index contributed by atoms with van der Waals surface area (Å²) in [5.74, 6) is -0.381. The van der Waals surface area contributed by atoms with Crippen LogP contribution in [0, 0.1) is 5.82 Å². The summed E-state index contributed by atoms with van der Waals surface area (Å²) >= 11 is 0. The Hall–Kier alpha value is -1.13. The molecule has 0 amide bonds. The number of phenols is 1. The zero-order valence-electron chi connectivity index (χ0n) is 11.7. The highest BCUT2D eigenvalue weighted by Gasteiger charge is 2.27. The number of phenolic OH excluding ortho intramolecular Hbond substituents is 1. The molecule has 1 aliphatic rings. The minimum Gasteiger partial charge on any atom is -0.508 e. The molecule has 1 fully saturated rings. The molecule has 3 nitrogen and oxygen atoms in total. The molecule has 0 aromatic heterocycles. The van der Waals surface area contributed by atoms with Crippen LogP contribution in [-0.2, 0) is 0 Å². The third kappa shape index (κ3) is 3.91. The molecule has 4 heteroatoms. The Labute approximate surface area is 114 Å². The Bertz CT molecular complexity index is 421. The summed E-state index contributed by atoms with van der Waals surface area (Å²) in [4.78, 5) is 2.47. The lowest BCUT2D eigenvalue weighted by molar-refractivity contribution is 0.273. The van der Waals surface area contributed by atoms with Crippen LogP contribution in [0.15, 0.2) is 18.2 Å². The van der Waals surface area contributed by atoms with Crippen LogP contribution in [0.25, 0.3) is 0 Å². The Morgan fingerprint density at radius 2 is 2.21 bits per heavy atom. The Balaban J connectivity index is 1.81. The lowest BCUT2D eigenvalue weighted by Crippen LogP contribution is -2.34. The number of benzene rings is 1. The second-order valence-electron chi connectivity index (χ2n) is 5.24. The van der Waals surface area contributed by atoms with E-state index in [4.69, 9.17) is 0 Å². The summed E-state index contributed by atoms with van der Waals surface area (Å²) < 4.78 is 13.7. The smallest absolute Gasteiger partial charge is 0.131 e. The van der Waals surface area contributed by atoms with E-state index in [2.05, 4.69) is 17.1 Å². The van der Waals surface area contributed by atoms with E-state index in [1.807, 2.05) is 6.92 Å². The van der Waals surface area contributed by atoms with Crippen LogP contribution in [0.1, 0.15) is 38.3 Å². The topological polar surface area (TPSA) is 35.5 Å². The van der Waals surface area contributed by atoms with E-state index in [1.54, 1.807) is 6.07 Å². The lowest BCUT2D eigenvalue weighted by Gasteiger charge is -2.22. The van der Waals surface area contributed by atoms with Crippen molar-refractivity contribution in [1.29, 1.82) is 0 Å². The molecule has 0 aliphatic heterocycles. The van der Waals surface area contributed by atoms with Gasteiger partial charge in [0, 0.05) is 36.8 Å². The summed E-state index contributed by atoms with van der Waals surface area (Å²) in [5, 5.41) is 12.5. The van der Waals surface area contributed by atoms with E-state index in [0.29, 0.717) is 5.56 Å². The fourth-order valence-electron chi connectivity index (χ4n) is 2.44. The molecular weight excluding hydrogens is 243 g/mol. The van der Waals surface area contributed by atoms with Gasteiger partial charge in [0.25, 0.3) is 0 Å². The summed E-state index contributed by atoms with van der Waals surface area (Å²) in [6.07, 6.45) is 2.63. The molecule has 1 aromatic rings.